The molecule has 38 heavy (non-hydrogen) atoms. The molecular weight excluding hydrogens is 558 g/mol. The van der Waals surface area contributed by atoms with E-state index in [1.807, 2.05) is 20.8 Å². The summed E-state index contributed by atoms with van der Waals surface area (Å²) in [6.07, 6.45) is -4.74. The van der Waals surface area contributed by atoms with E-state index in [0.29, 0.717) is 17.0 Å². The molecule has 0 radical (unpaired) electrons. The van der Waals surface area contributed by atoms with E-state index in [1.165, 1.54) is 0 Å². The van der Waals surface area contributed by atoms with E-state index in [-0.39, 0.29) is 11.0 Å². The first-order valence-electron chi connectivity index (χ1n) is 11.0. The summed E-state index contributed by atoms with van der Waals surface area (Å²) in [5, 5.41) is 30.5. The standard InChI is InChI=1S/C23H22Cl2F2N2O2.C2HF3O2/c1-22(2,3)10-18-23(11-28,14-8-17(27)15(25)9-16(14)26)19(20(29-18)21(30)31)12-5-4-6-13(24)7-12;3-2(4,5)1(6)7/h4-9,18-20,29H,10H2,1-3H3,(H,30,31);(H,6,7)/t18-,19-,20+,23-;/m0./s1. The summed E-state index contributed by atoms with van der Waals surface area (Å²) >= 11 is 11.9. The number of carbonyl (C=O) groups is 2. The van der Waals surface area contributed by atoms with Gasteiger partial charge < -0.3 is 10.2 Å². The number of aliphatic carboxylic acids is 2. The van der Waals surface area contributed by atoms with Gasteiger partial charge in [-0.05, 0) is 41.7 Å². The third-order valence-corrected chi connectivity index (χ3v) is 6.45. The molecule has 2 aromatic rings. The van der Waals surface area contributed by atoms with Crippen molar-refractivity contribution in [3.63, 3.8) is 0 Å². The van der Waals surface area contributed by atoms with E-state index in [4.69, 9.17) is 33.1 Å². The average Bonchev–Trinajstić information content (AvgIpc) is 3.09. The van der Waals surface area contributed by atoms with Gasteiger partial charge in [0.05, 0.1) is 11.1 Å². The number of halogens is 7. The zero-order chi connectivity index (χ0) is 29.2. The monoisotopic (exact) mass is 580 g/mol. The van der Waals surface area contributed by atoms with E-state index in [9.17, 15) is 32.7 Å². The minimum Gasteiger partial charge on any atom is -0.480 e. The number of hydrogen-bond donors (Lipinski definition) is 3. The Bertz CT molecular complexity index is 1260. The molecule has 1 aliphatic rings. The number of alkyl halides is 3. The molecule has 0 aliphatic carbocycles. The van der Waals surface area contributed by atoms with E-state index < -0.39 is 58.2 Å². The molecule has 0 aromatic heterocycles. The summed E-state index contributed by atoms with van der Waals surface area (Å²) in [5.74, 6) is -6.74. The van der Waals surface area contributed by atoms with Gasteiger partial charge in [-0.1, -0.05) is 56.1 Å². The molecular formula is C25H23Cl2F5N2O4. The molecule has 3 rings (SSSR count). The molecule has 13 heteroatoms. The van der Waals surface area contributed by atoms with Gasteiger partial charge in [0.15, 0.2) is 0 Å². The SMILES string of the molecule is CC(C)(C)C[C@@H]1N[C@@H](C(=O)O)[C@H](c2cccc(Cl)c2)[C@@]1(C#N)c1cc(F)c(Cl)cc1F.O=C(O)C(F)(F)F. The van der Waals surface area contributed by atoms with Crippen molar-refractivity contribution in [2.24, 2.45) is 5.41 Å². The van der Waals surface area contributed by atoms with E-state index in [2.05, 4.69) is 11.4 Å². The summed E-state index contributed by atoms with van der Waals surface area (Å²) in [4.78, 5) is 21.1. The second-order valence-electron chi connectivity index (χ2n) is 9.86. The summed E-state index contributed by atoms with van der Waals surface area (Å²) in [7, 11) is 0. The molecule has 2 aromatic carbocycles. The van der Waals surface area contributed by atoms with E-state index >= 15 is 4.39 Å². The lowest BCUT2D eigenvalue weighted by atomic mass is 9.63. The van der Waals surface area contributed by atoms with Crippen molar-refractivity contribution >= 4 is 35.1 Å². The zero-order valence-electron chi connectivity index (χ0n) is 20.2. The van der Waals surface area contributed by atoms with Crippen LogP contribution in [0, 0.1) is 28.4 Å². The van der Waals surface area contributed by atoms with Gasteiger partial charge in [0, 0.05) is 22.5 Å². The van der Waals surface area contributed by atoms with Crippen molar-refractivity contribution in [1.29, 1.82) is 5.26 Å². The van der Waals surface area contributed by atoms with Crippen LogP contribution in [0.3, 0.4) is 0 Å². The van der Waals surface area contributed by atoms with Gasteiger partial charge in [0.1, 0.15) is 23.1 Å². The highest BCUT2D eigenvalue weighted by atomic mass is 35.5. The van der Waals surface area contributed by atoms with E-state index in [1.54, 1.807) is 24.3 Å². The molecule has 0 spiro atoms. The van der Waals surface area contributed by atoms with Crippen LogP contribution >= 0.6 is 23.2 Å². The van der Waals surface area contributed by atoms with Gasteiger partial charge >= 0.3 is 18.1 Å². The molecule has 0 unspecified atom stereocenters. The number of carboxylic acids is 2. The average molecular weight is 581 g/mol. The van der Waals surface area contributed by atoms with Crippen LogP contribution in [0.4, 0.5) is 22.0 Å². The van der Waals surface area contributed by atoms with Gasteiger partial charge in [-0.2, -0.15) is 18.4 Å². The van der Waals surface area contributed by atoms with Crippen LogP contribution in [-0.4, -0.2) is 40.4 Å². The summed E-state index contributed by atoms with van der Waals surface area (Å²) in [6, 6.07) is 8.36. The van der Waals surface area contributed by atoms with Gasteiger partial charge in [0.25, 0.3) is 0 Å². The van der Waals surface area contributed by atoms with Crippen LogP contribution in [0.5, 0.6) is 0 Å². The van der Waals surface area contributed by atoms with Crippen LogP contribution in [0.25, 0.3) is 0 Å². The molecule has 206 valence electrons. The minimum absolute atomic E-state index is 0.229. The normalized spacial score (nSPS) is 23.2. The minimum atomic E-state index is -5.08. The van der Waals surface area contributed by atoms with Crippen LogP contribution in [-0.2, 0) is 15.0 Å². The largest absolute Gasteiger partial charge is 0.490 e. The van der Waals surface area contributed by atoms with E-state index in [0.717, 1.165) is 12.1 Å². The molecule has 1 heterocycles. The molecule has 0 saturated carbocycles. The Morgan fingerprint density at radius 3 is 2.11 bits per heavy atom. The Labute approximate surface area is 225 Å². The first-order valence-corrected chi connectivity index (χ1v) is 11.7. The van der Waals surface area contributed by atoms with Crippen LogP contribution in [0.15, 0.2) is 36.4 Å². The molecule has 6 nitrogen and oxygen atoms in total. The topological polar surface area (TPSA) is 110 Å². The van der Waals surface area contributed by atoms with Gasteiger partial charge in [0.2, 0.25) is 0 Å². The zero-order valence-corrected chi connectivity index (χ0v) is 21.7. The van der Waals surface area contributed by atoms with Crippen LogP contribution in [0.1, 0.15) is 44.2 Å². The van der Waals surface area contributed by atoms with Gasteiger partial charge in [-0.3, -0.25) is 10.1 Å². The number of nitriles is 1. The van der Waals surface area contributed by atoms with Crippen molar-refractivity contribution in [2.75, 3.05) is 0 Å². The quantitative estimate of drug-likeness (QED) is 0.288. The Hall–Kier alpha value is -2.94. The maximum absolute atomic E-state index is 15.2. The number of benzene rings is 2. The number of carboxylic acid groups (broad SMARTS) is 2. The van der Waals surface area contributed by atoms with Crippen molar-refractivity contribution in [1.82, 2.24) is 5.32 Å². The Balaban J connectivity index is 0.000000638. The Morgan fingerprint density at radius 1 is 1.08 bits per heavy atom. The molecule has 3 N–H and O–H groups in total. The Kier molecular flexibility index (Phi) is 9.41. The summed E-state index contributed by atoms with van der Waals surface area (Å²) < 4.78 is 61.4. The number of rotatable bonds is 4. The van der Waals surface area contributed by atoms with Crippen LogP contribution in [0.2, 0.25) is 10.0 Å². The van der Waals surface area contributed by atoms with Crippen molar-refractivity contribution < 1.29 is 41.8 Å². The summed E-state index contributed by atoms with van der Waals surface area (Å²) in [5.41, 5.74) is -1.85. The predicted octanol–water partition coefficient (Wildman–Crippen LogP) is 6.31. The predicted molar refractivity (Wildman–Crippen MR) is 129 cm³/mol. The number of nitrogens with one attached hydrogen (secondary N) is 1. The highest BCUT2D eigenvalue weighted by molar-refractivity contribution is 6.31. The van der Waals surface area contributed by atoms with Gasteiger partial charge in [-0.15, -0.1) is 0 Å². The first kappa shape index (κ1) is 31.3. The third kappa shape index (κ3) is 6.73. The fourth-order valence-electron chi connectivity index (χ4n) is 4.53. The molecule has 1 fully saturated rings. The molecule has 1 aliphatic heterocycles. The van der Waals surface area contributed by atoms with Crippen molar-refractivity contribution in [3.8, 4) is 6.07 Å². The van der Waals surface area contributed by atoms with Crippen molar-refractivity contribution in [3.05, 3.63) is 69.2 Å². The van der Waals surface area contributed by atoms with Gasteiger partial charge in [-0.25, -0.2) is 13.6 Å². The molecule has 1 saturated heterocycles. The fraction of sp³-hybridized carbons (Fsp3) is 0.400. The Morgan fingerprint density at radius 2 is 1.66 bits per heavy atom. The highest BCUT2D eigenvalue weighted by Gasteiger charge is 2.60. The lowest BCUT2D eigenvalue weighted by Crippen LogP contribution is -2.44. The first-order chi connectivity index (χ1) is 17.3. The maximum atomic E-state index is 15.2. The summed E-state index contributed by atoms with van der Waals surface area (Å²) in [6.45, 7) is 5.79. The number of nitrogens with zero attached hydrogens (tertiary/aromatic N) is 1. The van der Waals surface area contributed by atoms with Crippen LogP contribution < -0.4 is 5.32 Å². The molecule has 4 atom stereocenters. The number of hydrogen-bond acceptors (Lipinski definition) is 4. The fourth-order valence-corrected chi connectivity index (χ4v) is 4.88. The third-order valence-electron chi connectivity index (χ3n) is 5.93. The maximum Gasteiger partial charge on any atom is 0.490 e. The molecule has 0 bridgehead atoms. The smallest absolute Gasteiger partial charge is 0.480 e. The lowest BCUT2D eigenvalue weighted by Gasteiger charge is -2.37. The van der Waals surface area contributed by atoms with Crippen molar-refractivity contribution in [2.45, 2.75) is 56.8 Å². The second-order valence-corrected chi connectivity index (χ2v) is 10.7. The molecule has 0 amide bonds. The second kappa shape index (κ2) is 11.4. The highest BCUT2D eigenvalue weighted by Crippen LogP contribution is 2.52. The lowest BCUT2D eigenvalue weighted by molar-refractivity contribution is -0.192.